The van der Waals surface area contributed by atoms with Crippen molar-refractivity contribution in [3.63, 3.8) is 0 Å². The van der Waals surface area contributed by atoms with Crippen molar-refractivity contribution in [3.05, 3.63) is 11.1 Å². The van der Waals surface area contributed by atoms with Crippen molar-refractivity contribution in [1.82, 2.24) is 0 Å². The molecule has 2 saturated carbocycles. The van der Waals surface area contributed by atoms with Crippen LogP contribution in [0.2, 0.25) is 0 Å². The van der Waals surface area contributed by atoms with Gasteiger partial charge in [-0.05, 0) is 38.5 Å². The van der Waals surface area contributed by atoms with Crippen LogP contribution < -0.4 is 0 Å². The lowest BCUT2D eigenvalue weighted by atomic mass is 10.0. The van der Waals surface area contributed by atoms with Gasteiger partial charge in [-0.15, -0.1) is 9.58 Å². The van der Waals surface area contributed by atoms with Crippen molar-refractivity contribution in [2.45, 2.75) is 101 Å². The third kappa shape index (κ3) is 8.29. The van der Waals surface area contributed by atoms with E-state index < -0.39 is 58.6 Å². The predicted octanol–water partition coefficient (Wildman–Crippen LogP) is 2.29. The Balaban J connectivity index is 0.000000384. The van der Waals surface area contributed by atoms with E-state index in [1.165, 1.54) is 0 Å². The summed E-state index contributed by atoms with van der Waals surface area (Å²) in [4.78, 5) is 5.13. The van der Waals surface area contributed by atoms with E-state index >= 15 is 0 Å². The van der Waals surface area contributed by atoms with Crippen molar-refractivity contribution in [1.29, 1.82) is 0 Å². The molecule has 0 saturated heterocycles. The quantitative estimate of drug-likeness (QED) is 0.194. The van der Waals surface area contributed by atoms with Gasteiger partial charge in [0.1, 0.15) is 0 Å². The fraction of sp³-hybridized carbons (Fsp3) is 0.900. The molecular formula is C20H36N4O8S4. The predicted molar refractivity (Wildman–Crippen MR) is 137 cm³/mol. The van der Waals surface area contributed by atoms with Gasteiger partial charge >= 0.3 is 8.75 Å². The molecule has 2 aliphatic rings. The Bertz CT molecular complexity index is 1190. The topological polar surface area (TPSA) is 209 Å². The fourth-order valence-electron chi connectivity index (χ4n) is 4.34. The van der Waals surface area contributed by atoms with Crippen LogP contribution in [0.15, 0.2) is 0 Å². The Hall–Kier alpha value is -1.44. The van der Waals surface area contributed by atoms with Gasteiger partial charge in [0.25, 0.3) is 39.3 Å². The molecule has 2 fully saturated rings. The molecule has 0 atom stereocenters. The second kappa shape index (κ2) is 13.9. The van der Waals surface area contributed by atoms with Crippen LogP contribution in [0.4, 0.5) is 0 Å². The molecular weight excluding hydrogens is 553 g/mol. The van der Waals surface area contributed by atoms with Crippen molar-refractivity contribution < 1.29 is 43.3 Å². The zero-order chi connectivity index (χ0) is 27.6. The van der Waals surface area contributed by atoms with Crippen molar-refractivity contribution in [2.75, 3.05) is 11.5 Å². The first kappa shape index (κ1) is 32.6. The summed E-state index contributed by atoms with van der Waals surface area (Å²) < 4.78 is 93.7. The summed E-state index contributed by atoms with van der Waals surface area (Å²) >= 11 is 0. The first-order chi connectivity index (χ1) is 16.7. The lowest BCUT2D eigenvalue weighted by molar-refractivity contribution is 0.00337. The van der Waals surface area contributed by atoms with Crippen LogP contribution in [0.25, 0.3) is 11.1 Å². The minimum Gasteiger partial charge on any atom is -0.359 e. The smallest absolute Gasteiger partial charge is 0.359 e. The van der Waals surface area contributed by atoms with Crippen LogP contribution in [-0.2, 0) is 39.3 Å². The monoisotopic (exact) mass is 588 g/mol. The number of hydrogen-bond acceptors (Lipinski definition) is 8. The van der Waals surface area contributed by atoms with Crippen LogP contribution in [0.1, 0.15) is 90.9 Å². The average Bonchev–Trinajstić information content (AvgIpc) is 2.80. The highest BCUT2D eigenvalue weighted by molar-refractivity contribution is 8.31. The normalized spacial score (nSPS) is 18.3. The van der Waals surface area contributed by atoms with Gasteiger partial charge in [0.2, 0.25) is 0 Å². The summed E-state index contributed by atoms with van der Waals surface area (Å²) in [6.45, 7) is 3.19. The molecule has 2 aliphatic carbocycles. The highest BCUT2D eigenvalue weighted by Gasteiger charge is 2.49. The standard InChI is InChI=1S/C13H22N2O4S2.C7H14N2O4S2/c14-15-13(20(16,17)11-7-3-1-4-8-11)21(18,19)12-9-5-2-6-10-12;1-3-5-14(10,11)7(9-8)15(12,13)6-4-2/h11-12H,1-10H2;3-6H2,1-2H3. The van der Waals surface area contributed by atoms with Gasteiger partial charge < -0.3 is 11.1 Å². The van der Waals surface area contributed by atoms with Crippen LogP contribution in [0.5, 0.6) is 0 Å². The highest BCUT2D eigenvalue weighted by atomic mass is 32.3. The van der Waals surface area contributed by atoms with Crippen LogP contribution >= 0.6 is 0 Å². The van der Waals surface area contributed by atoms with Gasteiger partial charge in [-0.1, -0.05) is 52.4 Å². The zero-order valence-electron chi connectivity index (χ0n) is 20.7. The number of rotatable bonds is 6. The Morgan fingerprint density at radius 1 is 0.583 bits per heavy atom. The summed E-state index contributed by atoms with van der Waals surface area (Å²) in [5.74, 6) is -0.676. The molecule has 0 aromatic heterocycles. The van der Waals surface area contributed by atoms with Gasteiger partial charge in [0.05, 0.1) is 22.0 Å². The van der Waals surface area contributed by atoms with Gasteiger partial charge in [-0.3, -0.25) is 0 Å². The van der Waals surface area contributed by atoms with Gasteiger partial charge in [-0.25, -0.2) is 33.7 Å². The Morgan fingerprint density at radius 3 is 1.14 bits per heavy atom. The number of nitrogens with zero attached hydrogens (tertiary/aromatic N) is 4. The molecule has 36 heavy (non-hydrogen) atoms. The van der Waals surface area contributed by atoms with Crippen molar-refractivity contribution >= 4 is 48.1 Å². The van der Waals surface area contributed by atoms with E-state index in [-0.39, 0.29) is 24.3 Å². The number of sulfone groups is 4. The minimum atomic E-state index is -4.07. The van der Waals surface area contributed by atoms with Gasteiger partial charge in [0, 0.05) is 0 Å². The van der Waals surface area contributed by atoms with E-state index in [2.05, 4.69) is 9.58 Å². The maximum atomic E-state index is 12.5. The summed E-state index contributed by atoms with van der Waals surface area (Å²) in [7, 11) is -16.1. The van der Waals surface area contributed by atoms with E-state index in [4.69, 9.17) is 11.1 Å². The summed E-state index contributed by atoms with van der Waals surface area (Å²) in [6.07, 6.45) is 7.33. The molecule has 208 valence electrons. The molecule has 0 heterocycles. The Labute approximate surface area is 214 Å². The SMILES string of the molecule is CCCS(=O)(=O)C(=[N+]=[N-])S(=O)(=O)CCC.[N-]=[N+]=C(S(=O)(=O)C1CCCCC1)S(=O)(=O)C1CCCCC1. The third-order valence-electron chi connectivity index (χ3n) is 6.11. The molecule has 0 N–H and O–H groups in total. The fourth-order valence-corrected chi connectivity index (χ4v) is 12.9. The van der Waals surface area contributed by atoms with E-state index in [9.17, 15) is 33.7 Å². The largest absolute Gasteiger partial charge is 0.495 e. The van der Waals surface area contributed by atoms with Crippen LogP contribution in [-0.4, -0.2) is 74.0 Å². The van der Waals surface area contributed by atoms with Crippen LogP contribution in [0, 0.1) is 0 Å². The molecule has 0 unspecified atom stereocenters. The first-order valence-electron chi connectivity index (χ1n) is 12.1. The first-order valence-corrected chi connectivity index (χ1v) is 18.5. The van der Waals surface area contributed by atoms with Crippen LogP contribution in [0.3, 0.4) is 0 Å². The van der Waals surface area contributed by atoms with E-state index in [0.717, 1.165) is 38.5 Å². The second-order valence-electron chi connectivity index (χ2n) is 8.98. The van der Waals surface area contributed by atoms with Crippen molar-refractivity contribution in [2.24, 2.45) is 0 Å². The molecule has 0 aromatic rings. The molecule has 0 aromatic carbocycles. The molecule has 12 nitrogen and oxygen atoms in total. The maximum Gasteiger partial charge on any atom is 0.495 e. The van der Waals surface area contributed by atoms with E-state index in [0.29, 0.717) is 25.7 Å². The Kier molecular flexibility index (Phi) is 12.6. The lowest BCUT2D eigenvalue weighted by Crippen LogP contribution is -2.40. The zero-order valence-corrected chi connectivity index (χ0v) is 24.0. The lowest BCUT2D eigenvalue weighted by Gasteiger charge is -2.22. The Morgan fingerprint density at radius 2 is 0.889 bits per heavy atom. The maximum absolute atomic E-state index is 12.5. The molecule has 0 aliphatic heterocycles. The third-order valence-corrected chi connectivity index (χ3v) is 16.0. The summed E-state index contributed by atoms with van der Waals surface area (Å²) in [5, 5.41) is -1.45. The van der Waals surface area contributed by atoms with Crippen molar-refractivity contribution in [3.8, 4) is 0 Å². The molecule has 16 heteroatoms. The molecule has 0 bridgehead atoms. The molecule has 0 radical (unpaired) electrons. The van der Waals surface area contributed by atoms with E-state index in [1.54, 1.807) is 13.8 Å². The summed E-state index contributed by atoms with van der Waals surface area (Å²) in [6, 6.07) is 0. The highest BCUT2D eigenvalue weighted by Crippen LogP contribution is 2.30. The van der Waals surface area contributed by atoms with E-state index in [1.807, 2.05) is 0 Å². The molecule has 2 rings (SSSR count). The summed E-state index contributed by atoms with van der Waals surface area (Å²) in [5.41, 5.74) is 17.6. The number of hydrogen-bond donors (Lipinski definition) is 0. The average molecular weight is 589 g/mol. The molecule has 0 spiro atoms. The van der Waals surface area contributed by atoms with Gasteiger partial charge in [-0.2, -0.15) is 0 Å². The van der Waals surface area contributed by atoms with Gasteiger partial charge in [0.15, 0.2) is 0 Å². The molecule has 0 amide bonds. The second-order valence-corrected chi connectivity index (χ2v) is 17.8. The minimum absolute atomic E-state index is 0.267.